The molecular weight excluding hydrogens is 452 g/mol. The van der Waals surface area contributed by atoms with E-state index in [0.717, 1.165) is 18.9 Å². The fourth-order valence-corrected chi connectivity index (χ4v) is 2.70. The van der Waals surface area contributed by atoms with Crippen molar-refractivity contribution >= 4 is 0 Å². The van der Waals surface area contributed by atoms with Crippen LogP contribution in [-0.2, 0) is 33.2 Å². The normalized spacial score (nSPS) is 11.9. The van der Waals surface area contributed by atoms with Gasteiger partial charge in [0.15, 0.2) is 0 Å². The number of hydrogen-bond donors (Lipinski definition) is 1. The molecule has 0 spiro atoms. The number of ether oxygens (including phenoxy) is 7. The summed E-state index contributed by atoms with van der Waals surface area (Å²) in [4.78, 5) is 0. The van der Waals surface area contributed by atoms with Crippen LogP contribution in [0.4, 0.5) is 0 Å². The summed E-state index contributed by atoms with van der Waals surface area (Å²) in [6.07, 6.45) is 9.10. The molecule has 1 atom stereocenters. The molecule has 0 saturated heterocycles. The Morgan fingerprint density at radius 3 is 1.11 bits per heavy atom. The first-order chi connectivity index (χ1) is 17.2. The van der Waals surface area contributed by atoms with Gasteiger partial charge in [0, 0.05) is 6.61 Å². The van der Waals surface area contributed by atoms with E-state index in [1.54, 1.807) is 0 Å². The van der Waals surface area contributed by atoms with Gasteiger partial charge in [-0.05, 0) is 12.3 Å². The molecule has 214 valence electrons. The Bertz CT molecular complexity index is 323. The molecular formula is C27H58O8. The molecule has 8 nitrogen and oxygen atoms in total. The summed E-state index contributed by atoms with van der Waals surface area (Å²) in [5, 5.41) is 8.52. The van der Waals surface area contributed by atoms with Crippen molar-refractivity contribution in [2.45, 2.75) is 72.6 Å². The standard InChI is InChI=1S/C19H40O8.C8H18/c1-2-3-4-6-21-8-10-23-12-14-25-16-18-27-19-17-26-15-13-24-11-9-22-7-5-20;1-4-6-7-8(3)5-2/h20H,2-19H2,1H3;8H,4-7H2,1-3H3. The van der Waals surface area contributed by atoms with Gasteiger partial charge in [-0.25, -0.2) is 0 Å². The van der Waals surface area contributed by atoms with Gasteiger partial charge in [-0.15, -0.1) is 0 Å². The minimum atomic E-state index is 0.0383. The molecule has 0 saturated carbocycles. The Labute approximate surface area is 216 Å². The van der Waals surface area contributed by atoms with Crippen LogP contribution in [0.3, 0.4) is 0 Å². The van der Waals surface area contributed by atoms with E-state index in [0.29, 0.717) is 85.9 Å². The molecule has 0 heterocycles. The van der Waals surface area contributed by atoms with Gasteiger partial charge >= 0.3 is 0 Å². The van der Waals surface area contributed by atoms with Crippen molar-refractivity contribution in [3.63, 3.8) is 0 Å². The Kier molecular flexibility index (Phi) is 37.7. The second kappa shape index (κ2) is 35.8. The molecule has 0 aliphatic rings. The van der Waals surface area contributed by atoms with Crippen molar-refractivity contribution in [1.29, 1.82) is 0 Å². The van der Waals surface area contributed by atoms with Crippen LogP contribution in [0.25, 0.3) is 0 Å². The van der Waals surface area contributed by atoms with Gasteiger partial charge in [0.2, 0.25) is 0 Å². The second-order valence-electron chi connectivity index (χ2n) is 8.37. The van der Waals surface area contributed by atoms with Crippen LogP contribution in [0.5, 0.6) is 0 Å². The minimum Gasteiger partial charge on any atom is -0.394 e. The zero-order valence-electron chi connectivity index (χ0n) is 23.4. The second-order valence-corrected chi connectivity index (χ2v) is 8.37. The fraction of sp³-hybridized carbons (Fsp3) is 1.00. The lowest BCUT2D eigenvalue weighted by molar-refractivity contribution is -0.0215. The van der Waals surface area contributed by atoms with E-state index in [1.807, 2.05) is 0 Å². The minimum absolute atomic E-state index is 0.0383. The maximum Gasteiger partial charge on any atom is 0.0701 e. The maximum absolute atomic E-state index is 8.52. The smallest absolute Gasteiger partial charge is 0.0701 e. The molecule has 1 unspecified atom stereocenters. The monoisotopic (exact) mass is 510 g/mol. The first-order valence-electron chi connectivity index (χ1n) is 13.9. The Morgan fingerprint density at radius 1 is 0.457 bits per heavy atom. The molecule has 35 heavy (non-hydrogen) atoms. The van der Waals surface area contributed by atoms with Gasteiger partial charge in [0.1, 0.15) is 0 Å². The van der Waals surface area contributed by atoms with Gasteiger partial charge in [-0.3, -0.25) is 0 Å². The number of aliphatic hydroxyl groups is 1. The summed E-state index contributed by atoms with van der Waals surface area (Å²) in [5.74, 6) is 0.954. The van der Waals surface area contributed by atoms with E-state index in [9.17, 15) is 0 Å². The van der Waals surface area contributed by atoms with Crippen molar-refractivity contribution in [3.8, 4) is 0 Å². The maximum atomic E-state index is 8.52. The average Bonchev–Trinajstić information content (AvgIpc) is 2.88. The first-order valence-corrected chi connectivity index (χ1v) is 13.9. The van der Waals surface area contributed by atoms with Gasteiger partial charge in [0.25, 0.3) is 0 Å². The Hall–Kier alpha value is -0.320. The molecule has 0 bridgehead atoms. The zero-order valence-corrected chi connectivity index (χ0v) is 23.4. The molecule has 0 aromatic rings. The molecule has 0 radical (unpaired) electrons. The number of rotatable bonds is 28. The number of aliphatic hydroxyl groups excluding tert-OH is 1. The topological polar surface area (TPSA) is 84.8 Å². The number of unbranched alkanes of at least 4 members (excludes halogenated alkanes) is 3. The Morgan fingerprint density at radius 2 is 0.800 bits per heavy atom. The highest BCUT2D eigenvalue weighted by Crippen LogP contribution is 2.09. The third-order valence-corrected chi connectivity index (χ3v) is 5.11. The highest BCUT2D eigenvalue weighted by atomic mass is 16.6. The van der Waals surface area contributed by atoms with Crippen molar-refractivity contribution in [2.75, 3.05) is 99.1 Å². The van der Waals surface area contributed by atoms with Gasteiger partial charge in [0.05, 0.1) is 92.5 Å². The van der Waals surface area contributed by atoms with Crippen molar-refractivity contribution in [1.82, 2.24) is 0 Å². The van der Waals surface area contributed by atoms with E-state index < -0.39 is 0 Å². The average molecular weight is 511 g/mol. The van der Waals surface area contributed by atoms with E-state index in [2.05, 4.69) is 27.7 Å². The molecule has 0 rings (SSSR count). The summed E-state index contributed by atoms with van der Waals surface area (Å²) in [7, 11) is 0. The third-order valence-electron chi connectivity index (χ3n) is 5.11. The van der Waals surface area contributed by atoms with E-state index in [4.69, 9.17) is 38.3 Å². The lowest BCUT2D eigenvalue weighted by Gasteiger charge is -2.08. The largest absolute Gasteiger partial charge is 0.394 e. The van der Waals surface area contributed by atoms with Crippen LogP contribution in [-0.4, -0.2) is 104 Å². The van der Waals surface area contributed by atoms with Gasteiger partial charge in [-0.2, -0.15) is 0 Å². The fourth-order valence-electron chi connectivity index (χ4n) is 2.70. The number of hydrogen-bond acceptors (Lipinski definition) is 8. The van der Waals surface area contributed by atoms with E-state index >= 15 is 0 Å². The van der Waals surface area contributed by atoms with Crippen LogP contribution in [0.15, 0.2) is 0 Å². The van der Waals surface area contributed by atoms with Crippen molar-refractivity contribution in [2.24, 2.45) is 5.92 Å². The highest BCUT2D eigenvalue weighted by molar-refractivity contribution is 4.48. The van der Waals surface area contributed by atoms with Gasteiger partial charge < -0.3 is 38.3 Å². The lowest BCUT2D eigenvalue weighted by Crippen LogP contribution is -2.14. The van der Waals surface area contributed by atoms with Crippen LogP contribution in [0.2, 0.25) is 0 Å². The molecule has 0 fully saturated rings. The van der Waals surface area contributed by atoms with E-state index in [1.165, 1.54) is 38.5 Å². The molecule has 0 aromatic carbocycles. The predicted molar refractivity (Wildman–Crippen MR) is 141 cm³/mol. The zero-order chi connectivity index (χ0) is 26.1. The summed E-state index contributed by atoms with van der Waals surface area (Å²) < 4.78 is 37.4. The lowest BCUT2D eigenvalue weighted by atomic mass is 10.0. The van der Waals surface area contributed by atoms with Crippen molar-refractivity contribution < 1.29 is 38.3 Å². The SMILES string of the molecule is CCCCC(C)CC.CCCCCOCCOCCOCCOCCOCCOCCOCCO. The molecule has 8 heteroatoms. The van der Waals surface area contributed by atoms with Gasteiger partial charge in [-0.1, -0.05) is 66.2 Å². The summed E-state index contributed by atoms with van der Waals surface area (Å²) in [6, 6.07) is 0. The first kappa shape index (κ1) is 36.8. The quantitative estimate of drug-likeness (QED) is 0.154. The molecule has 0 aliphatic carbocycles. The Balaban J connectivity index is 0. The van der Waals surface area contributed by atoms with Crippen molar-refractivity contribution in [3.05, 3.63) is 0 Å². The molecule has 1 N–H and O–H groups in total. The highest BCUT2D eigenvalue weighted by Gasteiger charge is 1.95. The molecule has 0 aliphatic heterocycles. The summed E-state index contributed by atoms with van der Waals surface area (Å²) in [6.45, 7) is 16.8. The van der Waals surface area contributed by atoms with Crippen LogP contribution in [0, 0.1) is 5.92 Å². The predicted octanol–water partition coefficient (Wildman–Crippen LogP) is 4.51. The van der Waals surface area contributed by atoms with Crippen LogP contribution >= 0.6 is 0 Å². The molecule has 0 aromatic heterocycles. The molecule has 0 amide bonds. The summed E-state index contributed by atoms with van der Waals surface area (Å²) in [5.41, 5.74) is 0. The van der Waals surface area contributed by atoms with Crippen LogP contribution < -0.4 is 0 Å². The summed E-state index contributed by atoms with van der Waals surface area (Å²) >= 11 is 0. The third kappa shape index (κ3) is 38.4. The van der Waals surface area contributed by atoms with Crippen LogP contribution in [0.1, 0.15) is 72.6 Å². The van der Waals surface area contributed by atoms with E-state index in [-0.39, 0.29) is 6.61 Å².